The summed E-state index contributed by atoms with van der Waals surface area (Å²) in [7, 11) is 1.88. The Balaban J connectivity index is 2.31. The average molecular weight is 205 g/mol. The molecular weight excluding hydrogens is 190 g/mol. The Hall–Kier alpha value is -1.62. The van der Waals surface area contributed by atoms with Crippen molar-refractivity contribution in [2.24, 2.45) is 12.8 Å². The molecule has 5 heteroatoms. The maximum atomic E-state index is 6.11. The monoisotopic (exact) mass is 205 g/mol. The molecule has 0 aliphatic carbocycles. The van der Waals surface area contributed by atoms with Crippen LogP contribution in [0.5, 0.6) is 0 Å². The Bertz CT molecular complexity index is 442. The lowest BCUT2D eigenvalue weighted by atomic mass is 10.1. The van der Waals surface area contributed by atoms with Crippen LogP contribution < -0.4 is 5.73 Å². The first kappa shape index (κ1) is 9.92. The van der Waals surface area contributed by atoms with E-state index in [1.807, 2.05) is 24.0 Å². The second kappa shape index (κ2) is 3.86. The predicted molar refractivity (Wildman–Crippen MR) is 57.1 cm³/mol. The van der Waals surface area contributed by atoms with Gasteiger partial charge in [-0.1, -0.05) is 0 Å². The minimum atomic E-state index is -0.200. The minimum absolute atomic E-state index is 0.200. The summed E-state index contributed by atoms with van der Waals surface area (Å²) in [6.45, 7) is 2.95. The molecule has 2 rings (SSSR count). The second-order valence-corrected chi connectivity index (χ2v) is 3.50. The molecule has 80 valence electrons. The van der Waals surface area contributed by atoms with Crippen molar-refractivity contribution in [2.75, 3.05) is 0 Å². The van der Waals surface area contributed by atoms with E-state index in [9.17, 15) is 0 Å². The average Bonchev–Trinajstić information content (AvgIpc) is 2.84. The molecule has 0 amide bonds. The molecule has 2 aromatic heterocycles. The maximum absolute atomic E-state index is 6.11. The van der Waals surface area contributed by atoms with Crippen molar-refractivity contribution in [1.82, 2.24) is 19.3 Å². The van der Waals surface area contributed by atoms with Gasteiger partial charge in [0, 0.05) is 37.7 Å². The highest BCUT2D eigenvalue weighted by Crippen LogP contribution is 2.16. The van der Waals surface area contributed by atoms with Crippen molar-refractivity contribution >= 4 is 0 Å². The number of aromatic nitrogens is 4. The van der Waals surface area contributed by atoms with E-state index in [-0.39, 0.29) is 6.04 Å². The van der Waals surface area contributed by atoms with Gasteiger partial charge in [0.25, 0.3) is 0 Å². The quantitative estimate of drug-likeness (QED) is 0.801. The first-order chi connectivity index (χ1) is 7.22. The fraction of sp³-hybridized carbons (Fsp3) is 0.400. The molecule has 0 spiro atoms. The topological polar surface area (TPSA) is 61.7 Å². The Kier molecular flexibility index (Phi) is 2.55. The standard InChI is InChI=1S/C10H15N5/c1-3-15-5-4-12-10(15)9(11)8-6-13-14(2)7-8/h4-7,9H,3,11H2,1-2H3. The molecular formula is C10H15N5. The van der Waals surface area contributed by atoms with E-state index >= 15 is 0 Å². The molecule has 0 saturated heterocycles. The van der Waals surface area contributed by atoms with Gasteiger partial charge in [0.15, 0.2) is 0 Å². The second-order valence-electron chi connectivity index (χ2n) is 3.50. The van der Waals surface area contributed by atoms with E-state index in [1.54, 1.807) is 17.1 Å². The zero-order valence-corrected chi connectivity index (χ0v) is 8.96. The molecule has 15 heavy (non-hydrogen) atoms. The molecule has 0 saturated carbocycles. The molecule has 0 radical (unpaired) electrons. The van der Waals surface area contributed by atoms with Gasteiger partial charge in [0.1, 0.15) is 5.82 Å². The highest BCUT2D eigenvalue weighted by atomic mass is 15.2. The van der Waals surface area contributed by atoms with Gasteiger partial charge in [0.05, 0.1) is 12.2 Å². The number of nitrogens with zero attached hydrogens (tertiary/aromatic N) is 4. The lowest BCUT2D eigenvalue weighted by Gasteiger charge is -2.10. The van der Waals surface area contributed by atoms with Gasteiger partial charge in [-0.15, -0.1) is 0 Å². The van der Waals surface area contributed by atoms with Crippen LogP contribution in [0.1, 0.15) is 24.4 Å². The Labute approximate surface area is 88.5 Å². The van der Waals surface area contributed by atoms with Crippen LogP contribution in [0, 0.1) is 0 Å². The molecule has 5 nitrogen and oxygen atoms in total. The maximum Gasteiger partial charge on any atom is 0.130 e. The lowest BCUT2D eigenvalue weighted by molar-refractivity contribution is 0.656. The zero-order chi connectivity index (χ0) is 10.8. The third-order valence-electron chi connectivity index (χ3n) is 2.45. The van der Waals surface area contributed by atoms with Crippen LogP contribution in [-0.2, 0) is 13.6 Å². The third-order valence-corrected chi connectivity index (χ3v) is 2.45. The van der Waals surface area contributed by atoms with E-state index in [0.717, 1.165) is 17.9 Å². The Morgan fingerprint density at radius 1 is 1.53 bits per heavy atom. The van der Waals surface area contributed by atoms with Crippen molar-refractivity contribution in [3.05, 3.63) is 36.2 Å². The summed E-state index contributed by atoms with van der Waals surface area (Å²) in [5, 5.41) is 4.10. The van der Waals surface area contributed by atoms with Gasteiger partial charge in [-0.2, -0.15) is 5.10 Å². The first-order valence-electron chi connectivity index (χ1n) is 4.97. The summed E-state index contributed by atoms with van der Waals surface area (Å²) in [6, 6.07) is -0.200. The number of hydrogen-bond donors (Lipinski definition) is 1. The van der Waals surface area contributed by atoms with Crippen LogP contribution >= 0.6 is 0 Å². The smallest absolute Gasteiger partial charge is 0.130 e. The van der Waals surface area contributed by atoms with Crippen molar-refractivity contribution in [2.45, 2.75) is 19.5 Å². The Morgan fingerprint density at radius 3 is 2.93 bits per heavy atom. The number of hydrogen-bond acceptors (Lipinski definition) is 3. The number of rotatable bonds is 3. The number of aryl methyl sites for hydroxylation is 2. The van der Waals surface area contributed by atoms with Gasteiger partial charge >= 0.3 is 0 Å². The molecule has 1 atom stereocenters. The van der Waals surface area contributed by atoms with Crippen LogP contribution in [0.2, 0.25) is 0 Å². The van der Waals surface area contributed by atoms with Gasteiger partial charge in [0.2, 0.25) is 0 Å². The summed E-state index contributed by atoms with van der Waals surface area (Å²) >= 11 is 0. The van der Waals surface area contributed by atoms with Crippen molar-refractivity contribution in [1.29, 1.82) is 0 Å². The highest BCUT2D eigenvalue weighted by molar-refractivity contribution is 5.19. The molecule has 2 heterocycles. The SMILES string of the molecule is CCn1ccnc1C(N)c1cnn(C)c1. The molecule has 2 N–H and O–H groups in total. The van der Waals surface area contributed by atoms with Crippen molar-refractivity contribution < 1.29 is 0 Å². The first-order valence-corrected chi connectivity index (χ1v) is 4.97. The molecule has 2 aromatic rings. The zero-order valence-electron chi connectivity index (χ0n) is 8.96. The summed E-state index contributed by atoms with van der Waals surface area (Å²) in [5.41, 5.74) is 7.10. The molecule has 0 aliphatic heterocycles. The fourth-order valence-corrected chi connectivity index (χ4v) is 1.62. The number of nitrogens with two attached hydrogens (primary N) is 1. The minimum Gasteiger partial charge on any atom is -0.334 e. The Morgan fingerprint density at radius 2 is 2.33 bits per heavy atom. The summed E-state index contributed by atoms with van der Waals surface area (Å²) < 4.78 is 3.78. The van der Waals surface area contributed by atoms with Gasteiger partial charge < -0.3 is 10.3 Å². The van der Waals surface area contributed by atoms with Crippen LogP contribution in [0.3, 0.4) is 0 Å². The van der Waals surface area contributed by atoms with E-state index in [2.05, 4.69) is 17.0 Å². The van der Waals surface area contributed by atoms with E-state index in [4.69, 9.17) is 5.73 Å². The summed E-state index contributed by atoms with van der Waals surface area (Å²) in [5.74, 6) is 0.880. The fourth-order valence-electron chi connectivity index (χ4n) is 1.62. The van der Waals surface area contributed by atoms with Gasteiger partial charge in [-0.25, -0.2) is 4.98 Å². The largest absolute Gasteiger partial charge is 0.334 e. The summed E-state index contributed by atoms with van der Waals surface area (Å²) in [4.78, 5) is 4.27. The predicted octanol–water partition coefficient (Wildman–Crippen LogP) is 0.685. The van der Waals surface area contributed by atoms with Crippen molar-refractivity contribution in [3.63, 3.8) is 0 Å². The van der Waals surface area contributed by atoms with E-state index in [1.165, 1.54) is 0 Å². The third kappa shape index (κ3) is 1.78. The summed E-state index contributed by atoms with van der Waals surface area (Å²) in [6.07, 6.45) is 7.40. The van der Waals surface area contributed by atoms with Crippen LogP contribution in [0.15, 0.2) is 24.8 Å². The number of imidazole rings is 1. The molecule has 1 unspecified atom stereocenters. The van der Waals surface area contributed by atoms with E-state index < -0.39 is 0 Å². The normalized spacial score (nSPS) is 13.0. The molecule has 0 aromatic carbocycles. The van der Waals surface area contributed by atoms with Gasteiger partial charge in [-0.3, -0.25) is 4.68 Å². The molecule has 0 aliphatic rings. The lowest BCUT2D eigenvalue weighted by Crippen LogP contribution is -2.17. The highest BCUT2D eigenvalue weighted by Gasteiger charge is 2.15. The van der Waals surface area contributed by atoms with Crippen molar-refractivity contribution in [3.8, 4) is 0 Å². The van der Waals surface area contributed by atoms with E-state index in [0.29, 0.717) is 0 Å². The molecule has 0 fully saturated rings. The van der Waals surface area contributed by atoms with Crippen LogP contribution in [0.4, 0.5) is 0 Å². The van der Waals surface area contributed by atoms with Gasteiger partial charge in [-0.05, 0) is 6.92 Å². The van der Waals surface area contributed by atoms with Crippen LogP contribution in [0.25, 0.3) is 0 Å². The molecule has 0 bridgehead atoms. The van der Waals surface area contributed by atoms with Crippen LogP contribution in [-0.4, -0.2) is 19.3 Å².